The third-order valence-corrected chi connectivity index (χ3v) is 4.19. The Labute approximate surface area is 120 Å². The van der Waals surface area contributed by atoms with Crippen molar-refractivity contribution >= 4 is 34.7 Å². The maximum Gasteiger partial charge on any atom is 0.237 e. The van der Waals surface area contributed by atoms with Crippen LogP contribution in [0.3, 0.4) is 0 Å². The maximum atomic E-state index is 13.4. The number of halogens is 3. The number of hydrogen-bond acceptors (Lipinski definition) is 5. The van der Waals surface area contributed by atoms with Gasteiger partial charge in [0.05, 0.1) is 10.9 Å². The van der Waals surface area contributed by atoms with E-state index in [0.717, 1.165) is 23.9 Å². The van der Waals surface area contributed by atoms with Gasteiger partial charge in [-0.2, -0.15) is 0 Å². The van der Waals surface area contributed by atoms with Crippen molar-refractivity contribution in [3.63, 3.8) is 0 Å². The molecule has 0 saturated heterocycles. The minimum atomic E-state index is -1.62. The Morgan fingerprint density at radius 1 is 1.35 bits per heavy atom. The van der Waals surface area contributed by atoms with Gasteiger partial charge in [0.25, 0.3) is 0 Å². The summed E-state index contributed by atoms with van der Waals surface area (Å²) in [6.45, 7) is 1.58. The Morgan fingerprint density at radius 2 is 2.10 bits per heavy atom. The monoisotopic (exact) mass is 319 g/mol. The number of benzene rings is 1. The lowest BCUT2D eigenvalue weighted by Gasteiger charge is -2.11. The first kappa shape index (κ1) is 14.8. The zero-order valence-electron chi connectivity index (χ0n) is 10.1. The van der Waals surface area contributed by atoms with E-state index in [1.165, 1.54) is 16.8 Å². The van der Waals surface area contributed by atoms with Crippen LogP contribution in [0.15, 0.2) is 22.0 Å². The van der Waals surface area contributed by atoms with Gasteiger partial charge in [0, 0.05) is 0 Å². The van der Waals surface area contributed by atoms with Crippen molar-refractivity contribution in [2.24, 2.45) is 0 Å². The number of carbonyl (C=O) groups excluding carboxylic acids is 1. The molecule has 1 aromatic heterocycles. The summed E-state index contributed by atoms with van der Waals surface area (Å²) < 4.78 is 39.8. The summed E-state index contributed by atoms with van der Waals surface area (Å²) in [5.41, 5.74) is 1.11. The molecule has 1 aromatic carbocycles. The Morgan fingerprint density at radius 3 is 2.75 bits per heavy atom. The fraction of sp³-hybridized carbons (Fsp3) is 0.182. The van der Waals surface area contributed by atoms with Gasteiger partial charge in [-0.05, 0) is 19.1 Å². The van der Waals surface area contributed by atoms with Crippen LogP contribution in [0, 0.1) is 17.5 Å². The quantitative estimate of drug-likeness (QED) is 0.695. The molecule has 2 aromatic rings. The van der Waals surface area contributed by atoms with Gasteiger partial charge in [-0.3, -0.25) is 4.79 Å². The molecule has 106 valence electrons. The van der Waals surface area contributed by atoms with Crippen LogP contribution < -0.4 is 5.32 Å². The Hall–Kier alpha value is -1.61. The average molecular weight is 319 g/mol. The summed E-state index contributed by atoms with van der Waals surface area (Å²) in [6, 6.07) is 1.71. The molecule has 9 heteroatoms. The lowest BCUT2D eigenvalue weighted by atomic mass is 10.2. The van der Waals surface area contributed by atoms with Gasteiger partial charge in [-0.25, -0.2) is 13.2 Å². The number of nitrogens with zero attached hydrogens (tertiary/aromatic N) is 2. The lowest BCUT2D eigenvalue weighted by molar-refractivity contribution is -0.115. The van der Waals surface area contributed by atoms with Gasteiger partial charge in [0.2, 0.25) is 5.91 Å². The van der Waals surface area contributed by atoms with E-state index < -0.39 is 34.3 Å². The van der Waals surface area contributed by atoms with Gasteiger partial charge < -0.3 is 5.32 Å². The largest absolute Gasteiger partial charge is 0.323 e. The van der Waals surface area contributed by atoms with E-state index in [-0.39, 0.29) is 0 Å². The van der Waals surface area contributed by atoms with Gasteiger partial charge in [-0.15, -0.1) is 10.2 Å². The third-order valence-electron chi connectivity index (χ3n) is 2.28. The van der Waals surface area contributed by atoms with Gasteiger partial charge in [-0.1, -0.05) is 23.1 Å². The SMILES string of the molecule is CC(Sc1nncs1)C(=O)Nc1ccc(F)c(F)c1F. The number of hydrogen-bond donors (Lipinski definition) is 1. The van der Waals surface area contributed by atoms with Gasteiger partial charge >= 0.3 is 0 Å². The van der Waals surface area contributed by atoms with Crippen molar-refractivity contribution in [2.45, 2.75) is 16.5 Å². The van der Waals surface area contributed by atoms with Gasteiger partial charge in [0.15, 0.2) is 21.8 Å². The summed E-state index contributed by atoms with van der Waals surface area (Å²) >= 11 is 2.39. The normalized spacial score (nSPS) is 12.2. The molecule has 4 nitrogen and oxygen atoms in total. The minimum absolute atomic E-state index is 0.404. The van der Waals surface area contributed by atoms with Crippen molar-refractivity contribution < 1.29 is 18.0 Å². The van der Waals surface area contributed by atoms with Gasteiger partial charge in [0.1, 0.15) is 5.51 Å². The fourth-order valence-electron chi connectivity index (χ4n) is 1.28. The molecular formula is C11H8F3N3OS2. The Balaban J connectivity index is 2.06. The summed E-state index contributed by atoms with van der Waals surface area (Å²) in [5.74, 6) is -4.90. The van der Waals surface area contributed by atoms with E-state index in [4.69, 9.17) is 0 Å². The van der Waals surface area contributed by atoms with E-state index in [2.05, 4.69) is 15.5 Å². The van der Waals surface area contributed by atoms with Crippen LogP contribution in [-0.2, 0) is 4.79 Å². The van der Waals surface area contributed by atoms with Crippen LogP contribution in [0.4, 0.5) is 18.9 Å². The van der Waals surface area contributed by atoms with Crippen molar-refractivity contribution in [3.05, 3.63) is 35.1 Å². The van der Waals surface area contributed by atoms with E-state index in [1.807, 2.05) is 0 Å². The summed E-state index contributed by atoms with van der Waals surface area (Å²) in [5, 5.41) is 8.99. The van der Waals surface area contributed by atoms with E-state index in [9.17, 15) is 18.0 Å². The molecule has 1 heterocycles. The van der Waals surface area contributed by atoms with Crippen LogP contribution in [0.5, 0.6) is 0 Å². The highest BCUT2D eigenvalue weighted by molar-refractivity contribution is 8.02. The molecule has 0 aliphatic heterocycles. The summed E-state index contributed by atoms with van der Waals surface area (Å²) in [4.78, 5) is 11.8. The number of carbonyl (C=O) groups is 1. The first-order valence-electron chi connectivity index (χ1n) is 5.36. The topological polar surface area (TPSA) is 54.9 Å². The highest BCUT2D eigenvalue weighted by Crippen LogP contribution is 2.26. The standard InChI is InChI=1S/C11H8F3N3OS2/c1-5(20-11-17-15-4-19-11)10(18)16-7-3-2-6(12)8(13)9(7)14/h2-5H,1H3,(H,16,18). The van der Waals surface area contributed by atoms with Crippen LogP contribution in [0.1, 0.15) is 6.92 Å². The molecule has 1 N–H and O–H groups in total. The molecule has 0 fully saturated rings. The van der Waals surface area contributed by atoms with Crippen molar-refractivity contribution in [3.8, 4) is 0 Å². The Bertz CT molecular complexity index is 622. The smallest absolute Gasteiger partial charge is 0.237 e. The highest BCUT2D eigenvalue weighted by Gasteiger charge is 2.20. The molecule has 0 saturated carbocycles. The summed E-state index contributed by atoms with van der Waals surface area (Å²) in [7, 11) is 0. The predicted molar refractivity (Wildman–Crippen MR) is 70.2 cm³/mol. The highest BCUT2D eigenvalue weighted by atomic mass is 32.2. The van der Waals surface area contributed by atoms with Crippen molar-refractivity contribution in [2.75, 3.05) is 5.32 Å². The maximum absolute atomic E-state index is 13.4. The number of aromatic nitrogens is 2. The van der Waals surface area contributed by atoms with Crippen LogP contribution >= 0.6 is 23.1 Å². The summed E-state index contributed by atoms with van der Waals surface area (Å²) in [6.07, 6.45) is 0. The number of rotatable bonds is 4. The second-order valence-electron chi connectivity index (χ2n) is 3.68. The minimum Gasteiger partial charge on any atom is -0.323 e. The zero-order valence-corrected chi connectivity index (χ0v) is 11.7. The Kier molecular flexibility index (Phi) is 4.61. The first-order valence-corrected chi connectivity index (χ1v) is 7.12. The van der Waals surface area contributed by atoms with Crippen molar-refractivity contribution in [1.82, 2.24) is 10.2 Å². The van der Waals surface area contributed by atoms with Crippen LogP contribution in [0.2, 0.25) is 0 Å². The molecule has 2 rings (SSSR count). The zero-order chi connectivity index (χ0) is 14.7. The number of anilines is 1. The molecule has 20 heavy (non-hydrogen) atoms. The molecule has 0 aliphatic carbocycles. The fourth-order valence-corrected chi connectivity index (χ4v) is 2.90. The predicted octanol–water partition coefficient (Wildman–Crippen LogP) is 3.07. The van der Waals surface area contributed by atoms with E-state index in [1.54, 1.807) is 6.92 Å². The molecular weight excluding hydrogens is 311 g/mol. The number of thioether (sulfide) groups is 1. The molecule has 0 radical (unpaired) electrons. The van der Waals surface area contributed by atoms with Crippen molar-refractivity contribution in [1.29, 1.82) is 0 Å². The third kappa shape index (κ3) is 3.28. The van der Waals surface area contributed by atoms with E-state index >= 15 is 0 Å². The first-order chi connectivity index (χ1) is 9.49. The molecule has 0 aliphatic rings. The number of nitrogens with one attached hydrogen (secondary N) is 1. The molecule has 1 unspecified atom stereocenters. The molecule has 1 atom stereocenters. The number of amides is 1. The van der Waals surface area contributed by atoms with E-state index in [0.29, 0.717) is 4.34 Å². The van der Waals surface area contributed by atoms with Crippen LogP contribution in [-0.4, -0.2) is 21.4 Å². The average Bonchev–Trinajstić information content (AvgIpc) is 2.92. The second kappa shape index (κ2) is 6.23. The molecule has 0 bridgehead atoms. The molecule has 1 amide bonds. The molecule has 0 spiro atoms. The lowest BCUT2D eigenvalue weighted by Crippen LogP contribution is -2.23. The second-order valence-corrected chi connectivity index (χ2v) is 6.10. The van der Waals surface area contributed by atoms with Crippen LogP contribution in [0.25, 0.3) is 0 Å².